The van der Waals surface area contributed by atoms with Crippen LogP contribution >= 0.6 is 11.3 Å². The van der Waals surface area contributed by atoms with Crippen LogP contribution in [0, 0.1) is 5.92 Å². The summed E-state index contributed by atoms with van der Waals surface area (Å²) < 4.78 is 7.77. The van der Waals surface area contributed by atoms with Gasteiger partial charge in [0.1, 0.15) is 5.01 Å². The molecule has 3 heterocycles. The van der Waals surface area contributed by atoms with Crippen LogP contribution in [0.3, 0.4) is 0 Å². The molecule has 0 bridgehead atoms. The zero-order valence-corrected chi connectivity index (χ0v) is 13.8. The molecule has 2 aromatic rings. The highest BCUT2D eigenvalue weighted by molar-refractivity contribution is 7.09. The van der Waals surface area contributed by atoms with Gasteiger partial charge in [-0.2, -0.15) is 5.10 Å². The molecule has 0 unspecified atom stereocenters. The van der Waals surface area contributed by atoms with Crippen molar-refractivity contribution in [2.75, 3.05) is 20.3 Å². The molecule has 0 spiro atoms. The minimum Gasteiger partial charge on any atom is -0.383 e. The van der Waals surface area contributed by atoms with Gasteiger partial charge in [-0.1, -0.05) is 0 Å². The molecule has 1 aliphatic carbocycles. The van der Waals surface area contributed by atoms with Crippen molar-refractivity contribution < 1.29 is 4.74 Å². The summed E-state index contributed by atoms with van der Waals surface area (Å²) in [6, 6.07) is 0.291. The second-order valence-electron chi connectivity index (χ2n) is 6.30. The highest BCUT2D eigenvalue weighted by Gasteiger charge is 2.33. The van der Waals surface area contributed by atoms with E-state index in [9.17, 15) is 0 Å². The second kappa shape index (κ2) is 6.10. The topological polar surface area (TPSA) is 43.2 Å². The number of hydrogen-bond acceptors (Lipinski definition) is 5. The predicted octanol–water partition coefficient (Wildman–Crippen LogP) is 2.50. The highest BCUT2D eigenvalue weighted by atomic mass is 32.1. The van der Waals surface area contributed by atoms with E-state index in [0.29, 0.717) is 12.6 Å². The number of nitrogens with zero attached hydrogens (tertiary/aromatic N) is 4. The number of methoxy groups -OCH3 is 1. The molecule has 1 fully saturated rings. The van der Waals surface area contributed by atoms with Crippen LogP contribution in [0.25, 0.3) is 0 Å². The average Bonchev–Trinajstić information content (AvgIpc) is 3.02. The fourth-order valence-electron chi connectivity index (χ4n) is 3.33. The maximum atomic E-state index is 5.53. The highest BCUT2D eigenvalue weighted by Crippen LogP contribution is 2.35. The first-order valence-electron chi connectivity index (χ1n) is 8.01. The smallest absolute Gasteiger partial charge is 0.107 e. The van der Waals surface area contributed by atoms with Crippen LogP contribution < -0.4 is 0 Å². The van der Waals surface area contributed by atoms with Crippen LogP contribution in [-0.2, 0) is 24.2 Å². The first kappa shape index (κ1) is 14.4. The number of thiazole rings is 1. The van der Waals surface area contributed by atoms with E-state index >= 15 is 0 Å². The van der Waals surface area contributed by atoms with Crippen molar-refractivity contribution in [3.05, 3.63) is 34.0 Å². The molecule has 0 N–H and O–H groups in total. The Morgan fingerprint density at radius 3 is 3.05 bits per heavy atom. The van der Waals surface area contributed by atoms with Gasteiger partial charge in [0.2, 0.25) is 0 Å². The summed E-state index contributed by atoms with van der Waals surface area (Å²) in [6.45, 7) is 3.74. The molecule has 5 nitrogen and oxygen atoms in total. The van der Waals surface area contributed by atoms with Gasteiger partial charge >= 0.3 is 0 Å². The number of fused-ring (bicyclic) bond motifs is 1. The van der Waals surface area contributed by atoms with Gasteiger partial charge in [0, 0.05) is 31.8 Å². The third-order valence-electron chi connectivity index (χ3n) is 4.66. The van der Waals surface area contributed by atoms with Gasteiger partial charge in [0.25, 0.3) is 0 Å². The molecule has 22 heavy (non-hydrogen) atoms. The molecule has 2 aliphatic rings. The summed E-state index contributed by atoms with van der Waals surface area (Å²) in [5, 5.41) is 7.89. The lowest BCUT2D eigenvalue weighted by atomic mass is 10.00. The van der Waals surface area contributed by atoms with Crippen molar-refractivity contribution in [1.29, 1.82) is 0 Å². The summed E-state index contributed by atoms with van der Waals surface area (Å²) in [4.78, 5) is 6.94. The van der Waals surface area contributed by atoms with Crippen molar-refractivity contribution in [1.82, 2.24) is 19.7 Å². The van der Waals surface area contributed by atoms with E-state index < -0.39 is 0 Å². The maximum absolute atomic E-state index is 5.53. The van der Waals surface area contributed by atoms with Crippen LogP contribution in [0.2, 0.25) is 0 Å². The van der Waals surface area contributed by atoms with Gasteiger partial charge in [-0.05, 0) is 30.7 Å². The molecule has 0 aromatic carbocycles. The Bertz CT molecular complexity index is 620. The van der Waals surface area contributed by atoms with Gasteiger partial charge in [-0.3, -0.25) is 9.58 Å². The third-order valence-corrected chi connectivity index (χ3v) is 5.42. The zero-order chi connectivity index (χ0) is 14.9. The molecule has 0 saturated heterocycles. The van der Waals surface area contributed by atoms with Crippen molar-refractivity contribution >= 4 is 11.3 Å². The Labute approximate surface area is 134 Å². The molecule has 1 aliphatic heterocycles. The largest absolute Gasteiger partial charge is 0.383 e. The van der Waals surface area contributed by atoms with Gasteiger partial charge in [-0.15, -0.1) is 11.3 Å². The Balaban J connectivity index is 1.60. The molecule has 0 amide bonds. The molecule has 1 saturated carbocycles. The maximum Gasteiger partial charge on any atom is 0.107 e. The third kappa shape index (κ3) is 2.83. The van der Waals surface area contributed by atoms with Crippen molar-refractivity contribution in [3.63, 3.8) is 0 Å². The molecular formula is C16H22N4OS. The summed E-state index contributed by atoms with van der Waals surface area (Å²) >= 11 is 1.73. The summed E-state index contributed by atoms with van der Waals surface area (Å²) in [5.41, 5.74) is 2.77. The number of rotatable bonds is 6. The Hall–Kier alpha value is -1.24. The van der Waals surface area contributed by atoms with Gasteiger partial charge in [-0.25, -0.2) is 4.98 Å². The monoisotopic (exact) mass is 318 g/mol. The Morgan fingerprint density at radius 1 is 1.41 bits per heavy atom. The molecular weight excluding hydrogens is 296 g/mol. The summed E-state index contributed by atoms with van der Waals surface area (Å²) in [5.74, 6) is 0.835. The van der Waals surface area contributed by atoms with Gasteiger partial charge in [0.05, 0.1) is 31.1 Å². The number of hydrogen-bond donors (Lipinski definition) is 0. The molecule has 2 aromatic heterocycles. The van der Waals surface area contributed by atoms with E-state index in [1.165, 1.54) is 29.1 Å². The summed E-state index contributed by atoms with van der Waals surface area (Å²) in [6.07, 6.45) is 7.74. The minimum absolute atomic E-state index is 0.291. The molecule has 118 valence electrons. The number of ether oxygens (including phenoxy) is 1. The van der Waals surface area contributed by atoms with Crippen LogP contribution in [0.15, 0.2) is 17.8 Å². The van der Waals surface area contributed by atoms with Gasteiger partial charge < -0.3 is 4.74 Å². The lowest BCUT2D eigenvalue weighted by Crippen LogP contribution is -2.38. The van der Waals surface area contributed by atoms with Crippen molar-refractivity contribution in [3.8, 4) is 0 Å². The minimum atomic E-state index is 0.291. The van der Waals surface area contributed by atoms with Crippen molar-refractivity contribution in [2.45, 2.75) is 38.4 Å². The van der Waals surface area contributed by atoms with Crippen molar-refractivity contribution in [2.24, 2.45) is 5.92 Å². The number of aromatic nitrogens is 3. The van der Waals surface area contributed by atoms with E-state index in [2.05, 4.69) is 25.9 Å². The molecule has 6 heteroatoms. The standard InChI is InChI=1S/C16H22N4OS/c1-21-11-14-16-13(8-18-20(16)9-12-2-3-12)4-6-19(14)10-15-17-5-7-22-15/h5,7-8,12,14H,2-4,6,9-11H2,1H3/t14-/m1/s1. The quantitative estimate of drug-likeness (QED) is 0.821. The lowest BCUT2D eigenvalue weighted by Gasteiger charge is -2.35. The Morgan fingerprint density at radius 2 is 2.32 bits per heavy atom. The van der Waals surface area contributed by atoms with E-state index in [1.807, 2.05) is 11.6 Å². The van der Waals surface area contributed by atoms with E-state index in [0.717, 1.165) is 32.0 Å². The van der Waals surface area contributed by atoms with Crippen LogP contribution in [-0.4, -0.2) is 39.9 Å². The SMILES string of the molecule is COC[C@@H]1c2c(cnn2CC2CC2)CCN1Cc1nccs1. The second-order valence-corrected chi connectivity index (χ2v) is 7.28. The zero-order valence-electron chi connectivity index (χ0n) is 12.9. The fraction of sp³-hybridized carbons (Fsp3) is 0.625. The molecule has 4 rings (SSSR count). The van der Waals surface area contributed by atoms with Gasteiger partial charge in [0.15, 0.2) is 0 Å². The Kier molecular flexibility index (Phi) is 3.98. The first-order chi connectivity index (χ1) is 10.8. The predicted molar refractivity (Wildman–Crippen MR) is 85.8 cm³/mol. The molecule has 1 atom stereocenters. The van der Waals surface area contributed by atoms with Crippen LogP contribution in [0.1, 0.15) is 35.1 Å². The lowest BCUT2D eigenvalue weighted by molar-refractivity contribution is 0.0724. The van der Waals surface area contributed by atoms with E-state index in [1.54, 1.807) is 18.4 Å². The fourth-order valence-corrected chi connectivity index (χ4v) is 3.97. The normalized spacial score (nSPS) is 22.0. The van der Waals surface area contributed by atoms with E-state index in [4.69, 9.17) is 4.74 Å². The first-order valence-corrected chi connectivity index (χ1v) is 8.89. The van der Waals surface area contributed by atoms with E-state index in [-0.39, 0.29) is 0 Å². The van der Waals surface area contributed by atoms with Crippen LogP contribution in [0.4, 0.5) is 0 Å². The average molecular weight is 318 g/mol. The molecule has 0 radical (unpaired) electrons. The van der Waals surface area contributed by atoms with Crippen LogP contribution in [0.5, 0.6) is 0 Å². The summed E-state index contributed by atoms with van der Waals surface area (Å²) in [7, 11) is 1.79.